The Labute approximate surface area is 185 Å². The highest BCUT2D eigenvalue weighted by Gasteiger charge is 2.20. The first-order valence-corrected chi connectivity index (χ1v) is 10.3. The number of aromatic nitrogens is 3. The lowest BCUT2D eigenvalue weighted by atomic mass is 10.1. The first kappa shape index (κ1) is 21.2. The number of hydrogen-bond donors (Lipinski definition) is 1. The fourth-order valence-electron chi connectivity index (χ4n) is 3.96. The highest BCUT2D eigenvalue weighted by molar-refractivity contribution is 5.92. The van der Waals surface area contributed by atoms with Crippen LogP contribution in [0.3, 0.4) is 0 Å². The number of amides is 1. The number of carbonyl (C=O) groups excluding carboxylic acids is 1. The van der Waals surface area contributed by atoms with E-state index in [1.807, 2.05) is 45.0 Å². The summed E-state index contributed by atoms with van der Waals surface area (Å²) < 4.78 is 2.37. The van der Waals surface area contributed by atoms with Gasteiger partial charge in [0.25, 0.3) is 5.56 Å². The van der Waals surface area contributed by atoms with E-state index in [1.165, 1.54) is 4.57 Å². The van der Waals surface area contributed by atoms with Crippen LogP contribution in [0.2, 0.25) is 0 Å². The minimum absolute atomic E-state index is 0.287. The summed E-state index contributed by atoms with van der Waals surface area (Å²) in [5, 5.41) is 3.17. The van der Waals surface area contributed by atoms with Crippen LogP contribution in [0.1, 0.15) is 22.4 Å². The van der Waals surface area contributed by atoms with Crippen LogP contribution < -0.4 is 16.6 Å². The fourth-order valence-corrected chi connectivity index (χ4v) is 3.96. The highest BCUT2D eigenvalue weighted by Crippen LogP contribution is 2.20. The molecule has 32 heavy (non-hydrogen) atoms. The molecule has 0 unspecified atom stereocenters. The van der Waals surface area contributed by atoms with Crippen LogP contribution in [0, 0.1) is 27.7 Å². The lowest BCUT2D eigenvalue weighted by molar-refractivity contribution is -0.116. The number of benzene rings is 2. The molecule has 162 valence electrons. The van der Waals surface area contributed by atoms with Gasteiger partial charge in [-0.05, 0) is 62.6 Å². The molecule has 4 aromatic rings. The lowest BCUT2D eigenvalue weighted by Crippen LogP contribution is -2.42. The number of pyridine rings is 1. The molecule has 0 bridgehead atoms. The zero-order valence-corrected chi connectivity index (χ0v) is 18.5. The van der Waals surface area contributed by atoms with Gasteiger partial charge in [0.1, 0.15) is 6.54 Å². The largest absolute Gasteiger partial charge is 0.337 e. The standard InChI is InChI=1S/C25H24N4O3/c1-15-9-8-10-16(2)22(15)27-20(30)14-28-24(31)21-17(3)13-18(4)26-23(21)29(25(28)32)19-11-6-5-7-12-19/h5-13H,14H2,1-4H3,(H,27,30). The molecular weight excluding hydrogens is 404 g/mol. The molecule has 0 radical (unpaired) electrons. The summed E-state index contributed by atoms with van der Waals surface area (Å²) >= 11 is 0. The molecule has 0 aliphatic rings. The summed E-state index contributed by atoms with van der Waals surface area (Å²) in [5.41, 5.74) is 3.61. The first-order chi connectivity index (χ1) is 15.3. The van der Waals surface area contributed by atoms with Crippen molar-refractivity contribution in [2.75, 3.05) is 5.32 Å². The minimum Gasteiger partial charge on any atom is -0.324 e. The summed E-state index contributed by atoms with van der Waals surface area (Å²) in [6, 6.07) is 16.5. The van der Waals surface area contributed by atoms with Gasteiger partial charge in [-0.1, -0.05) is 36.4 Å². The van der Waals surface area contributed by atoms with Crippen LogP contribution in [0.15, 0.2) is 64.2 Å². The number of hydrogen-bond acceptors (Lipinski definition) is 4. The average molecular weight is 428 g/mol. The molecule has 0 saturated carbocycles. The number of fused-ring (bicyclic) bond motifs is 1. The second-order valence-corrected chi connectivity index (χ2v) is 7.94. The zero-order valence-electron chi connectivity index (χ0n) is 18.5. The number of aryl methyl sites for hydroxylation is 4. The Hall–Kier alpha value is -4.00. The molecular formula is C25H24N4O3. The van der Waals surface area contributed by atoms with E-state index < -0.39 is 23.7 Å². The maximum Gasteiger partial charge on any atom is 0.337 e. The Morgan fingerprint density at radius 2 is 1.56 bits per heavy atom. The Morgan fingerprint density at radius 3 is 2.22 bits per heavy atom. The smallest absolute Gasteiger partial charge is 0.324 e. The van der Waals surface area contributed by atoms with E-state index >= 15 is 0 Å². The second kappa shape index (κ2) is 8.26. The van der Waals surface area contributed by atoms with Crippen molar-refractivity contribution in [1.29, 1.82) is 0 Å². The monoisotopic (exact) mass is 428 g/mol. The number of nitrogens with zero attached hydrogens (tertiary/aromatic N) is 3. The van der Waals surface area contributed by atoms with Gasteiger partial charge < -0.3 is 5.32 Å². The molecule has 2 heterocycles. The summed E-state index contributed by atoms with van der Waals surface area (Å²) in [6.07, 6.45) is 0. The van der Waals surface area contributed by atoms with E-state index in [9.17, 15) is 14.4 Å². The van der Waals surface area contributed by atoms with Crippen molar-refractivity contribution in [2.24, 2.45) is 0 Å². The Balaban J connectivity index is 1.90. The Morgan fingerprint density at radius 1 is 0.906 bits per heavy atom. The van der Waals surface area contributed by atoms with Crippen molar-refractivity contribution in [3.63, 3.8) is 0 Å². The van der Waals surface area contributed by atoms with Gasteiger partial charge in [-0.15, -0.1) is 0 Å². The molecule has 2 aromatic carbocycles. The van der Waals surface area contributed by atoms with Crippen LogP contribution in [-0.2, 0) is 11.3 Å². The molecule has 7 nitrogen and oxygen atoms in total. The first-order valence-electron chi connectivity index (χ1n) is 10.3. The summed E-state index contributed by atoms with van der Waals surface area (Å²) in [5.74, 6) is -0.446. The SMILES string of the molecule is Cc1cc(C)c2c(=O)n(CC(=O)Nc3c(C)cccc3C)c(=O)n(-c3ccccc3)c2n1. The van der Waals surface area contributed by atoms with Crippen molar-refractivity contribution in [3.8, 4) is 5.69 Å². The van der Waals surface area contributed by atoms with E-state index in [2.05, 4.69) is 10.3 Å². The molecule has 7 heteroatoms. The van der Waals surface area contributed by atoms with Gasteiger partial charge >= 0.3 is 5.69 Å². The number of nitrogens with one attached hydrogen (secondary N) is 1. The quantitative estimate of drug-likeness (QED) is 0.540. The lowest BCUT2D eigenvalue weighted by Gasteiger charge is -2.16. The van der Waals surface area contributed by atoms with Gasteiger partial charge in [-0.25, -0.2) is 18.9 Å². The predicted molar refractivity (Wildman–Crippen MR) is 126 cm³/mol. The molecule has 0 spiro atoms. The van der Waals surface area contributed by atoms with E-state index in [4.69, 9.17) is 0 Å². The third-order valence-electron chi connectivity index (χ3n) is 5.48. The zero-order chi connectivity index (χ0) is 23.0. The highest BCUT2D eigenvalue weighted by atomic mass is 16.2. The second-order valence-electron chi connectivity index (χ2n) is 7.94. The van der Waals surface area contributed by atoms with Gasteiger partial charge in [0.2, 0.25) is 5.91 Å². The van der Waals surface area contributed by atoms with Gasteiger partial charge in [0, 0.05) is 11.4 Å². The van der Waals surface area contributed by atoms with Crippen molar-refractivity contribution < 1.29 is 4.79 Å². The molecule has 1 N–H and O–H groups in total. The van der Waals surface area contributed by atoms with Crippen molar-refractivity contribution in [1.82, 2.24) is 14.1 Å². The number of para-hydroxylation sites is 2. The third-order valence-corrected chi connectivity index (χ3v) is 5.48. The summed E-state index contributed by atoms with van der Waals surface area (Å²) in [7, 11) is 0. The van der Waals surface area contributed by atoms with Gasteiger partial charge in [-0.3, -0.25) is 9.59 Å². The maximum atomic E-state index is 13.5. The average Bonchev–Trinajstić information content (AvgIpc) is 2.74. The fraction of sp³-hybridized carbons (Fsp3) is 0.200. The summed E-state index contributed by atoms with van der Waals surface area (Å²) in [4.78, 5) is 44.1. The molecule has 1 amide bonds. The van der Waals surface area contributed by atoms with E-state index in [0.29, 0.717) is 28.0 Å². The molecule has 4 rings (SSSR count). The third kappa shape index (κ3) is 3.73. The molecule has 0 atom stereocenters. The van der Waals surface area contributed by atoms with Gasteiger partial charge in [0.15, 0.2) is 5.65 Å². The van der Waals surface area contributed by atoms with Crippen LogP contribution in [0.5, 0.6) is 0 Å². The van der Waals surface area contributed by atoms with Gasteiger partial charge in [0.05, 0.1) is 11.1 Å². The summed E-state index contributed by atoms with van der Waals surface area (Å²) in [6.45, 7) is 7.01. The molecule has 0 aliphatic heterocycles. The number of anilines is 1. The molecule has 0 aliphatic carbocycles. The number of rotatable bonds is 4. The normalized spacial score (nSPS) is 11.0. The minimum atomic E-state index is -0.608. The molecule has 0 saturated heterocycles. The molecule has 2 aromatic heterocycles. The van der Waals surface area contributed by atoms with Crippen LogP contribution in [-0.4, -0.2) is 20.0 Å². The topological polar surface area (TPSA) is 86.0 Å². The van der Waals surface area contributed by atoms with Crippen molar-refractivity contribution in [2.45, 2.75) is 34.2 Å². The predicted octanol–water partition coefficient (Wildman–Crippen LogP) is 3.42. The van der Waals surface area contributed by atoms with E-state index in [-0.39, 0.29) is 5.65 Å². The maximum absolute atomic E-state index is 13.5. The van der Waals surface area contributed by atoms with Crippen LogP contribution in [0.25, 0.3) is 16.7 Å². The van der Waals surface area contributed by atoms with E-state index in [1.54, 1.807) is 37.3 Å². The van der Waals surface area contributed by atoms with Crippen LogP contribution in [0.4, 0.5) is 5.69 Å². The Kier molecular flexibility index (Phi) is 5.48. The van der Waals surface area contributed by atoms with Gasteiger partial charge in [-0.2, -0.15) is 0 Å². The van der Waals surface area contributed by atoms with Crippen molar-refractivity contribution in [3.05, 3.63) is 97.8 Å². The van der Waals surface area contributed by atoms with Crippen molar-refractivity contribution >= 4 is 22.6 Å². The van der Waals surface area contributed by atoms with E-state index in [0.717, 1.165) is 15.7 Å². The van der Waals surface area contributed by atoms with Crippen LogP contribution >= 0.6 is 0 Å². The Bertz CT molecular complexity index is 1450. The molecule has 0 fully saturated rings. The number of carbonyl (C=O) groups is 1.